The van der Waals surface area contributed by atoms with Crippen molar-refractivity contribution in [1.82, 2.24) is 5.32 Å². The number of hydrogen-bond donors (Lipinski definition) is 1. The highest BCUT2D eigenvalue weighted by molar-refractivity contribution is 9.10. The second-order valence-electron chi connectivity index (χ2n) is 4.29. The van der Waals surface area contributed by atoms with Crippen molar-refractivity contribution in [2.45, 2.75) is 32.4 Å². The van der Waals surface area contributed by atoms with E-state index in [1.807, 2.05) is 0 Å². The molecule has 0 aliphatic carbocycles. The first-order valence-corrected chi connectivity index (χ1v) is 5.39. The summed E-state index contributed by atoms with van der Waals surface area (Å²) in [5.74, 6) is 0. The van der Waals surface area contributed by atoms with Crippen LogP contribution in [0.3, 0.4) is 0 Å². The van der Waals surface area contributed by atoms with Crippen LogP contribution in [0.4, 0.5) is 0 Å². The summed E-state index contributed by atoms with van der Waals surface area (Å²) < 4.78 is 1.23. The molecular weight excluding hydrogens is 226 g/mol. The summed E-state index contributed by atoms with van der Waals surface area (Å²) in [5.41, 5.74) is 3.13. The largest absolute Gasteiger partial charge is 0.307 e. The minimum Gasteiger partial charge on any atom is -0.307 e. The zero-order chi connectivity index (χ0) is 9.47. The van der Waals surface area contributed by atoms with Gasteiger partial charge in [-0.25, -0.2) is 0 Å². The molecule has 1 nitrogen and oxygen atoms in total. The van der Waals surface area contributed by atoms with E-state index in [9.17, 15) is 0 Å². The molecule has 1 aromatic rings. The molecule has 0 aromatic heterocycles. The van der Waals surface area contributed by atoms with Crippen molar-refractivity contribution >= 4 is 15.9 Å². The van der Waals surface area contributed by atoms with Gasteiger partial charge >= 0.3 is 0 Å². The first-order valence-electron chi connectivity index (χ1n) is 4.60. The van der Waals surface area contributed by atoms with Gasteiger partial charge in [0.05, 0.1) is 0 Å². The highest BCUT2D eigenvalue weighted by atomic mass is 79.9. The average molecular weight is 240 g/mol. The molecule has 1 heterocycles. The average Bonchev–Trinajstić information content (AvgIpc) is 2.02. The monoisotopic (exact) mass is 239 g/mol. The molecule has 0 amide bonds. The Labute approximate surface area is 87.7 Å². The molecule has 13 heavy (non-hydrogen) atoms. The van der Waals surface area contributed by atoms with E-state index in [1.54, 1.807) is 0 Å². The molecule has 2 heteroatoms. The van der Waals surface area contributed by atoms with Gasteiger partial charge in [-0.05, 0) is 37.5 Å². The highest BCUT2D eigenvalue weighted by Crippen LogP contribution is 2.28. The minimum absolute atomic E-state index is 0.244. The Bertz CT molecular complexity index is 331. The Morgan fingerprint density at radius 1 is 1.38 bits per heavy atom. The Hall–Kier alpha value is -0.340. The molecule has 0 unspecified atom stereocenters. The SMILES string of the molecule is CC1(C)Cc2cccc(Br)c2CN1. The van der Waals surface area contributed by atoms with E-state index in [2.05, 4.69) is 53.3 Å². The van der Waals surface area contributed by atoms with Gasteiger partial charge in [-0.1, -0.05) is 28.1 Å². The van der Waals surface area contributed by atoms with Gasteiger partial charge < -0.3 is 5.32 Å². The zero-order valence-corrected chi connectivity index (χ0v) is 9.61. The molecule has 0 saturated heterocycles. The van der Waals surface area contributed by atoms with Crippen molar-refractivity contribution in [3.8, 4) is 0 Å². The molecule has 70 valence electrons. The third kappa shape index (κ3) is 1.79. The van der Waals surface area contributed by atoms with Crippen molar-refractivity contribution in [1.29, 1.82) is 0 Å². The Balaban J connectivity index is 2.42. The smallest absolute Gasteiger partial charge is 0.0224 e. The third-order valence-electron chi connectivity index (χ3n) is 2.59. The highest BCUT2D eigenvalue weighted by Gasteiger charge is 2.24. The van der Waals surface area contributed by atoms with Crippen molar-refractivity contribution in [2.75, 3.05) is 0 Å². The lowest BCUT2D eigenvalue weighted by Gasteiger charge is -2.33. The van der Waals surface area contributed by atoms with Gasteiger partial charge in [0.15, 0.2) is 0 Å². The quantitative estimate of drug-likeness (QED) is 0.735. The zero-order valence-electron chi connectivity index (χ0n) is 8.02. The number of halogens is 1. The molecule has 0 fully saturated rings. The van der Waals surface area contributed by atoms with E-state index < -0.39 is 0 Å². The van der Waals surface area contributed by atoms with E-state index in [0.717, 1.165) is 13.0 Å². The van der Waals surface area contributed by atoms with Crippen LogP contribution in [0.1, 0.15) is 25.0 Å². The van der Waals surface area contributed by atoms with Gasteiger partial charge in [0.2, 0.25) is 0 Å². The summed E-state index contributed by atoms with van der Waals surface area (Å²) in [5, 5.41) is 3.53. The molecule has 0 radical (unpaired) electrons. The van der Waals surface area contributed by atoms with Gasteiger partial charge in [0.1, 0.15) is 0 Å². The van der Waals surface area contributed by atoms with Gasteiger partial charge in [0, 0.05) is 16.6 Å². The molecule has 0 atom stereocenters. The van der Waals surface area contributed by atoms with E-state index in [4.69, 9.17) is 0 Å². The van der Waals surface area contributed by atoms with Crippen LogP contribution in [0, 0.1) is 0 Å². The lowest BCUT2D eigenvalue weighted by atomic mass is 9.88. The third-order valence-corrected chi connectivity index (χ3v) is 3.33. The molecule has 0 spiro atoms. The topological polar surface area (TPSA) is 12.0 Å². The molecule has 1 aromatic carbocycles. The van der Waals surface area contributed by atoms with Crippen LogP contribution < -0.4 is 5.32 Å². The lowest BCUT2D eigenvalue weighted by molar-refractivity contribution is 0.362. The van der Waals surface area contributed by atoms with Crippen molar-refractivity contribution in [3.63, 3.8) is 0 Å². The lowest BCUT2D eigenvalue weighted by Crippen LogP contribution is -2.44. The summed E-state index contributed by atoms with van der Waals surface area (Å²) in [4.78, 5) is 0. The van der Waals surface area contributed by atoms with Gasteiger partial charge in [-0.15, -0.1) is 0 Å². The number of fused-ring (bicyclic) bond motifs is 1. The molecule has 2 rings (SSSR count). The predicted octanol–water partition coefficient (Wildman–Crippen LogP) is 2.87. The number of rotatable bonds is 0. The molecular formula is C11H14BrN. The first kappa shape index (κ1) is 9.22. The Morgan fingerprint density at radius 3 is 2.92 bits per heavy atom. The molecule has 1 aliphatic heterocycles. The van der Waals surface area contributed by atoms with Crippen molar-refractivity contribution in [2.24, 2.45) is 0 Å². The van der Waals surface area contributed by atoms with Crippen LogP contribution in [0.2, 0.25) is 0 Å². The van der Waals surface area contributed by atoms with E-state index in [0.29, 0.717) is 0 Å². The van der Waals surface area contributed by atoms with Crippen LogP contribution >= 0.6 is 15.9 Å². The normalized spacial score (nSPS) is 19.6. The van der Waals surface area contributed by atoms with Crippen LogP contribution in [0.25, 0.3) is 0 Å². The number of nitrogens with one attached hydrogen (secondary N) is 1. The van der Waals surface area contributed by atoms with E-state index in [1.165, 1.54) is 15.6 Å². The number of hydrogen-bond acceptors (Lipinski definition) is 1. The standard InChI is InChI=1S/C11H14BrN/c1-11(2)6-8-4-3-5-10(12)9(8)7-13-11/h3-5,13H,6-7H2,1-2H3. The number of benzene rings is 1. The second kappa shape index (κ2) is 3.10. The van der Waals surface area contributed by atoms with Gasteiger partial charge in [-0.2, -0.15) is 0 Å². The molecule has 0 saturated carbocycles. The minimum atomic E-state index is 0.244. The maximum atomic E-state index is 3.58. The van der Waals surface area contributed by atoms with Crippen LogP contribution in [0.15, 0.2) is 22.7 Å². The van der Waals surface area contributed by atoms with Crippen LogP contribution in [-0.2, 0) is 13.0 Å². The summed E-state index contributed by atoms with van der Waals surface area (Å²) in [6, 6.07) is 6.45. The summed E-state index contributed by atoms with van der Waals surface area (Å²) >= 11 is 3.58. The predicted molar refractivity (Wildman–Crippen MR) is 58.8 cm³/mol. The summed E-state index contributed by atoms with van der Waals surface area (Å²) in [6.45, 7) is 5.47. The first-order chi connectivity index (χ1) is 6.08. The fourth-order valence-corrected chi connectivity index (χ4v) is 2.38. The fraction of sp³-hybridized carbons (Fsp3) is 0.455. The van der Waals surface area contributed by atoms with Gasteiger partial charge in [0.25, 0.3) is 0 Å². The molecule has 0 bridgehead atoms. The van der Waals surface area contributed by atoms with Gasteiger partial charge in [-0.3, -0.25) is 0 Å². The summed E-state index contributed by atoms with van der Waals surface area (Å²) in [7, 11) is 0. The van der Waals surface area contributed by atoms with E-state index in [-0.39, 0.29) is 5.54 Å². The van der Waals surface area contributed by atoms with Crippen LogP contribution in [-0.4, -0.2) is 5.54 Å². The van der Waals surface area contributed by atoms with Crippen molar-refractivity contribution < 1.29 is 0 Å². The van der Waals surface area contributed by atoms with E-state index >= 15 is 0 Å². The maximum absolute atomic E-state index is 3.58. The molecule has 1 N–H and O–H groups in total. The second-order valence-corrected chi connectivity index (χ2v) is 5.15. The maximum Gasteiger partial charge on any atom is 0.0224 e. The summed E-state index contributed by atoms with van der Waals surface area (Å²) in [6.07, 6.45) is 1.11. The van der Waals surface area contributed by atoms with Crippen molar-refractivity contribution in [3.05, 3.63) is 33.8 Å². The van der Waals surface area contributed by atoms with Crippen LogP contribution in [0.5, 0.6) is 0 Å². The fourth-order valence-electron chi connectivity index (χ4n) is 1.83. The Kier molecular flexibility index (Phi) is 2.20. The Morgan fingerprint density at radius 2 is 2.15 bits per heavy atom. The molecule has 1 aliphatic rings.